The van der Waals surface area contributed by atoms with Gasteiger partial charge in [-0.25, -0.2) is 4.99 Å². The van der Waals surface area contributed by atoms with E-state index in [1.807, 2.05) is 44.2 Å². The van der Waals surface area contributed by atoms with E-state index in [1.54, 1.807) is 0 Å². The van der Waals surface area contributed by atoms with Gasteiger partial charge >= 0.3 is 5.97 Å². The number of nitrogens with zero attached hydrogens (tertiary/aromatic N) is 1. The third-order valence-corrected chi connectivity index (χ3v) is 6.60. The van der Waals surface area contributed by atoms with E-state index in [0.717, 1.165) is 18.4 Å². The molecule has 1 aromatic carbocycles. The summed E-state index contributed by atoms with van der Waals surface area (Å²) >= 11 is 0. The molecule has 10 nitrogen and oxygen atoms in total. The van der Waals surface area contributed by atoms with E-state index < -0.39 is 47.9 Å². The maximum atomic E-state index is 12.5. The molecule has 2 amide bonds. The maximum absolute atomic E-state index is 12.5. The van der Waals surface area contributed by atoms with Gasteiger partial charge in [0.2, 0.25) is 11.8 Å². The Kier molecular flexibility index (Phi) is 10.0. The topological polar surface area (TPSA) is 180 Å². The zero-order valence-electron chi connectivity index (χ0n) is 20.0. The molecule has 3 unspecified atom stereocenters. The fourth-order valence-corrected chi connectivity index (χ4v) is 4.84. The summed E-state index contributed by atoms with van der Waals surface area (Å²) in [5, 5.41) is 25.9. The minimum atomic E-state index is -1.23. The highest BCUT2D eigenvalue weighted by atomic mass is 16.4. The Morgan fingerprint density at radius 2 is 1.79 bits per heavy atom. The first-order chi connectivity index (χ1) is 16.1. The van der Waals surface area contributed by atoms with Crippen molar-refractivity contribution in [3.63, 3.8) is 0 Å². The molecule has 34 heavy (non-hydrogen) atoms. The average molecular weight is 476 g/mol. The van der Waals surface area contributed by atoms with Gasteiger partial charge in [0.05, 0.1) is 24.1 Å². The number of aliphatic hydroxyl groups is 1. The zero-order chi connectivity index (χ0) is 25.4. The van der Waals surface area contributed by atoms with Gasteiger partial charge < -0.3 is 27.0 Å². The molecule has 1 fully saturated rings. The van der Waals surface area contributed by atoms with Crippen molar-refractivity contribution in [2.24, 2.45) is 34.2 Å². The first-order valence-corrected chi connectivity index (χ1v) is 11.7. The summed E-state index contributed by atoms with van der Waals surface area (Å²) in [6.45, 7) is 5.33. The summed E-state index contributed by atoms with van der Waals surface area (Å²) in [4.78, 5) is 40.6. The van der Waals surface area contributed by atoms with E-state index in [9.17, 15) is 24.6 Å². The summed E-state index contributed by atoms with van der Waals surface area (Å²) < 4.78 is 0. The highest BCUT2D eigenvalue weighted by molar-refractivity contribution is 5.98. The molecule has 0 bridgehead atoms. The molecule has 0 heterocycles. The number of carboxylic acid groups (broad SMARTS) is 1. The van der Waals surface area contributed by atoms with Crippen molar-refractivity contribution < 1.29 is 24.6 Å². The van der Waals surface area contributed by atoms with Crippen LogP contribution in [-0.4, -0.2) is 58.2 Å². The van der Waals surface area contributed by atoms with Crippen LogP contribution >= 0.6 is 0 Å². The number of nitrogens with two attached hydrogens (primary N) is 2. The second-order valence-corrected chi connectivity index (χ2v) is 8.92. The van der Waals surface area contributed by atoms with E-state index in [4.69, 9.17) is 11.5 Å². The van der Waals surface area contributed by atoms with Crippen molar-refractivity contribution in [2.45, 2.75) is 70.7 Å². The number of nitrogens with one attached hydrogen (secondary N) is 2. The van der Waals surface area contributed by atoms with Gasteiger partial charge in [0.15, 0.2) is 5.96 Å². The number of carbonyl (C=O) groups is 3. The quantitative estimate of drug-likeness (QED) is 0.209. The average Bonchev–Trinajstić information content (AvgIpc) is 3.09. The van der Waals surface area contributed by atoms with Crippen LogP contribution in [-0.2, 0) is 20.8 Å². The minimum Gasteiger partial charge on any atom is -0.481 e. The molecule has 6 atom stereocenters. The fourth-order valence-electron chi connectivity index (χ4n) is 4.84. The normalized spacial score (nSPS) is 24.5. The fraction of sp³-hybridized carbons (Fsp3) is 0.583. The third kappa shape index (κ3) is 7.01. The molecule has 2 rings (SSSR count). The summed E-state index contributed by atoms with van der Waals surface area (Å²) in [7, 11) is 0. The molecule has 8 N–H and O–H groups in total. The summed E-state index contributed by atoms with van der Waals surface area (Å²) in [5.74, 6) is -3.88. The molecule has 0 radical (unpaired) electrons. The largest absolute Gasteiger partial charge is 0.481 e. The number of aliphatic hydroxyl groups excluding tert-OH is 1. The zero-order valence-corrected chi connectivity index (χ0v) is 20.0. The van der Waals surface area contributed by atoms with E-state index in [0.29, 0.717) is 6.42 Å². The van der Waals surface area contributed by atoms with Crippen molar-refractivity contribution in [3.05, 3.63) is 35.9 Å². The van der Waals surface area contributed by atoms with Crippen LogP contribution < -0.4 is 22.1 Å². The molecule has 10 heteroatoms. The Balaban J connectivity index is 2.24. The molecule has 1 saturated carbocycles. The van der Waals surface area contributed by atoms with Gasteiger partial charge in [-0.05, 0) is 24.3 Å². The van der Waals surface area contributed by atoms with E-state index in [1.165, 1.54) is 6.92 Å². The molecule has 0 aliphatic heterocycles. The first-order valence-electron chi connectivity index (χ1n) is 11.7. The van der Waals surface area contributed by atoms with E-state index in [-0.39, 0.29) is 24.2 Å². The Bertz CT molecular complexity index is 874. The van der Waals surface area contributed by atoms with Crippen molar-refractivity contribution in [1.29, 1.82) is 0 Å². The minimum absolute atomic E-state index is 0.00362. The van der Waals surface area contributed by atoms with Gasteiger partial charge in [-0.15, -0.1) is 0 Å². The molecule has 1 aliphatic carbocycles. The van der Waals surface area contributed by atoms with Gasteiger partial charge in [0.25, 0.3) is 0 Å². The second-order valence-electron chi connectivity index (χ2n) is 8.92. The van der Waals surface area contributed by atoms with Crippen LogP contribution in [0.5, 0.6) is 0 Å². The lowest BCUT2D eigenvalue weighted by molar-refractivity contribution is -0.145. The van der Waals surface area contributed by atoms with Crippen LogP contribution in [0.2, 0.25) is 0 Å². The molecule has 0 saturated heterocycles. The highest BCUT2D eigenvalue weighted by Gasteiger charge is 2.51. The van der Waals surface area contributed by atoms with Crippen LogP contribution in [0.15, 0.2) is 35.3 Å². The number of guanidine groups is 1. The number of hydrogen-bond acceptors (Lipinski definition) is 6. The SMILES string of the molecule is CCC(CC)C(NC(C)=O)[C@H]1C(N=C(N)NC(=O)C(N)Cc2ccccc2)C[C@H](C(=O)O)[C@H]1O. The monoisotopic (exact) mass is 475 g/mol. The van der Waals surface area contributed by atoms with Gasteiger partial charge in [-0.2, -0.15) is 0 Å². The van der Waals surface area contributed by atoms with Crippen molar-refractivity contribution in [3.8, 4) is 0 Å². The Morgan fingerprint density at radius 3 is 2.32 bits per heavy atom. The van der Waals surface area contributed by atoms with Crippen LogP contribution in [0.1, 0.15) is 45.6 Å². The number of aliphatic carboxylic acids is 1. The number of benzene rings is 1. The predicted molar refractivity (Wildman–Crippen MR) is 129 cm³/mol. The lowest BCUT2D eigenvalue weighted by atomic mass is 9.80. The Morgan fingerprint density at radius 1 is 1.18 bits per heavy atom. The number of amides is 2. The number of aliphatic imine (C=N–C) groups is 1. The molecule has 0 spiro atoms. The number of rotatable bonds is 10. The lowest BCUT2D eigenvalue weighted by Gasteiger charge is -2.35. The molecule has 1 aromatic rings. The molecule has 188 valence electrons. The highest BCUT2D eigenvalue weighted by Crippen LogP contribution is 2.39. The number of hydrogen-bond donors (Lipinski definition) is 6. The molecule has 0 aromatic heterocycles. The number of carbonyl (C=O) groups excluding carboxylic acids is 2. The van der Waals surface area contributed by atoms with E-state index in [2.05, 4.69) is 15.6 Å². The van der Waals surface area contributed by atoms with Crippen LogP contribution in [0.25, 0.3) is 0 Å². The Hall–Kier alpha value is -2.98. The van der Waals surface area contributed by atoms with Gasteiger partial charge in [-0.3, -0.25) is 19.7 Å². The maximum Gasteiger partial charge on any atom is 0.309 e. The lowest BCUT2D eigenvalue weighted by Crippen LogP contribution is -2.51. The summed E-state index contributed by atoms with van der Waals surface area (Å²) in [6, 6.07) is 7.24. The molecule has 1 aliphatic rings. The third-order valence-electron chi connectivity index (χ3n) is 6.60. The van der Waals surface area contributed by atoms with Crippen LogP contribution in [0.3, 0.4) is 0 Å². The summed E-state index contributed by atoms with van der Waals surface area (Å²) in [5.41, 5.74) is 12.9. The second kappa shape index (κ2) is 12.5. The van der Waals surface area contributed by atoms with Gasteiger partial charge in [0, 0.05) is 18.9 Å². The number of carboxylic acids is 1. The van der Waals surface area contributed by atoms with Crippen LogP contribution in [0, 0.1) is 17.8 Å². The van der Waals surface area contributed by atoms with Crippen molar-refractivity contribution in [1.82, 2.24) is 10.6 Å². The summed E-state index contributed by atoms with van der Waals surface area (Å²) in [6.07, 6.45) is 0.557. The molecular formula is C24H37N5O5. The predicted octanol–water partition coefficient (Wildman–Crippen LogP) is 0.378. The molecular weight excluding hydrogens is 438 g/mol. The Labute approximate surface area is 200 Å². The van der Waals surface area contributed by atoms with Gasteiger partial charge in [-0.1, -0.05) is 57.0 Å². The standard InChI is InChI=1S/C24H37N5O5/c1-4-15(5-2)20(27-13(3)30)19-18(12-16(21(19)31)23(33)34)28-24(26)29-22(32)17(25)11-14-9-7-6-8-10-14/h6-10,15-21,31H,4-5,11-12,25H2,1-3H3,(H,27,30)(H,33,34)(H3,26,28,29,32)/t16-,17?,18?,19+,20?,21+/m0/s1. The van der Waals surface area contributed by atoms with Gasteiger partial charge in [0.1, 0.15) is 0 Å². The van der Waals surface area contributed by atoms with Crippen molar-refractivity contribution >= 4 is 23.7 Å². The first kappa shape index (κ1) is 27.3. The van der Waals surface area contributed by atoms with E-state index >= 15 is 0 Å². The smallest absolute Gasteiger partial charge is 0.309 e. The van der Waals surface area contributed by atoms with Crippen LogP contribution in [0.4, 0.5) is 0 Å². The van der Waals surface area contributed by atoms with Crippen molar-refractivity contribution in [2.75, 3.05) is 0 Å².